The zero-order chi connectivity index (χ0) is 15.6. The highest BCUT2D eigenvalue weighted by molar-refractivity contribution is 9.10. The summed E-state index contributed by atoms with van der Waals surface area (Å²) in [6.45, 7) is 1.30. The van der Waals surface area contributed by atoms with Gasteiger partial charge in [-0.2, -0.15) is 0 Å². The summed E-state index contributed by atoms with van der Waals surface area (Å²) in [6.07, 6.45) is 0. The van der Waals surface area contributed by atoms with Gasteiger partial charge in [-0.15, -0.1) is 0 Å². The molecule has 1 atom stereocenters. The summed E-state index contributed by atoms with van der Waals surface area (Å²) < 4.78 is 15.9. The minimum absolute atomic E-state index is 0.0789. The predicted octanol–water partition coefficient (Wildman–Crippen LogP) is 1.40. The number of halogens is 1. The van der Waals surface area contributed by atoms with E-state index in [0.29, 0.717) is 16.0 Å². The lowest BCUT2D eigenvalue weighted by Crippen LogP contribution is -2.55. The molecule has 0 saturated carbocycles. The molecule has 1 amide bonds. The molecule has 0 aliphatic carbocycles. The number of rotatable bonds is 5. The Hall–Kier alpha value is -1.80. The second-order valence-electron chi connectivity index (χ2n) is 4.72. The number of aliphatic carboxylic acids is 1. The first-order valence-corrected chi connectivity index (χ1v) is 6.80. The highest BCUT2D eigenvalue weighted by Gasteiger charge is 2.35. The van der Waals surface area contributed by atoms with Crippen LogP contribution in [-0.4, -0.2) is 43.0 Å². The van der Waals surface area contributed by atoms with Crippen LogP contribution >= 0.6 is 15.9 Å². The van der Waals surface area contributed by atoms with Gasteiger partial charge in [0.15, 0.2) is 17.0 Å². The smallest absolute Gasteiger partial charge is 0.331 e. The van der Waals surface area contributed by atoms with Gasteiger partial charge >= 0.3 is 5.97 Å². The number of hydrogen-bond acceptors (Lipinski definition) is 5. The maximum Gasteiger partial charge on any atom is 0.331 e. The van der Waals surface area contributed by atoms with Gasteiger partial charge in [-0.1, -0.05) is 0 Å². The van der Waals surface area contributed by atoms with E-state index in [1.807, 2.05) is 0 Å². The van der Waals surface area contributed by atoms with E-state index in [4.69, 9.17) is 14.2 Å². The number of fused-ring (bicyclic) bond motifs is 1. The van der Waals surface area contributed by atoms with Crippen LogP contribution in [0.3, 0.4) is 0 Å². The molecule has 0 spiro atoms. The van der Waals surface area contributed by atoms with E-state index in [2.05, 4.69) is 21.2 Å². The SMILES string of the molecule is COCC(C)(NC(=O)c1cc(Br)c2c(c1)OCO2)C(=O)O. The topological polar surface area (TPSA) is 94.1 Å². The number of carboxylic acid groups (broad SMARTS) is 1. The van der Waals surface area contributed by atoms with Crippen molar-refractivity contribution in [3.8, 4) is 11.5 Å². The van der Waals surface area contributed by atoms with Crippen LogP contribution in [0, 0.1) is 0 Å². The van der Waals surface area contributed by atoms with Crippen LogP contribution in [0.4, 0.5) is 0 Å². The van der Waals surface area contributed by atoms with Gasteiger partial charge in [0.05, 0.1) is 11.1 Å². The average Bonchev–Trinajstić information content (AvgIpc) is 2.87. The van der Waals surface area contributed by atoms with Gasteiger partial charge < -0.3 is 24.6 Å². The van der Waals surface area contributed by atoms with E-state index < -0.39 is 17.4 Å². The third-order valence-electron chi connectivity index (χ3n) is 2.98. The molecule has 8 heteroatoms. The number of ether oxygens (including phenoxy) is 3. The summed E-state index contributed by atoms with van der Waals surface area (Å²) in [4.78, 5) is 23.5. The maximum absolute atomic E-state index is 12.2. The van der Waals surface area contributed by atoms with Crippen LogP contribution < -0.4 is 14.8 Å². The van der Waals surface area contributed by atoms with E-state index >= 15 is 0 Å². The molecule has 114 valence electrons. The summed E-state index contributed by atoms with van der Waals surface area (Å²) in [5.41, 5.74) is -1.26. The fourth-order valence-electron chi connectivity index (χ4n) is 1.86. The lowest BCUT2D eigenvalue weighted by atomic mass is 10.0. The van der Waals surface area contributed by atoms with Gasteiger partial charge in [-0.05, 0) is 35.0 Å². The van der Waals surface area contributed by atoms with E-state index in [1.54, 1.807) is 0 Å². The van der Waals surface area contributed by atoms with Gasteiger partial charge in [-0.25, -0.2) is 4.79 Å². The molecule has 21 heavy (non-hydrogen) atoms. The number of nitrogens with one attached hydrogen (secondary N) is 1. The van der Waals surface area contributed by atoms with Crippen molar-refractivity contribution in [2.75, 3.05) is 20.5 Å². The monoisotopic (exact) mass is 359 g/mol. The Labute approximate surface area is 129 Å². The Morgan fingerprint density at radius 1 is 1.48 bits per heavy atom. The summed E-state index contributed by atoms with van der Waals surface area (Å²) in [7, 11) is 1.37. The quantitative estimate of drug-likeness (QED) is 0.825. The molecule has 1 aromatic rings. The fourth-order valence-corrected chi connectivity index (χ4v) is 2.42. The first-order chi connectivity index (χ1) is 9.87. The molecule has 2 rings (SSSR count). The molecule has 2 N–H and O–H groups in total. The van der Waals surface area contributed by atoms with Crippen molar-refractivity contribution >= 4 is 27.8 Å². The number of methoxy groups -OCH3 is 1. The van der Waals surface area contributed by atoms with E-state index in [9.17, 15) is 14.7 Å². The maximum atomic E-state index is 12.2. The molecule has 1 aliphatic rings. The predicted molar refractivity (Wildman–Crippen MR) is 75.6 cm³/mol. The van der Waals surface area contributed by atoms with E-state index in [1.165, 1.54) is 26.2 Å². The molecule has 0 radical (unpaired) electrons. The molecule has 0 aromatic heterocycles. The summed E-state index contributed by atoms with van der Waals surface area (Å²) in [5.74, 6) is -0.781. The molecule has 1 aliphatic heterocycles. The van der Waals surface area contributed by atoms with Crippen LogP contribution in [-0.2, 0) is 9.53 Å². The molecule has 0 fully saturated rings. The lowest BCUT2D eigenvalue weighted by molar-refractivity contribution is -0.145. The third kappa shape index (κ3) is 3.11. The first-order valence-electron chi connectivity index (χ1n) is 6.01. The molecule has 7 nitrogen and oxygen atoms in total. The molecule has 1 heterocycles. The fraction of sp³-hybridized carbons (Fsp3) is 0.385. The largest absolute Gasteiger partial charge is 0.479 e. The van der Waals surface area contributed by atoms with Crippen molar-refractivity contribution in [1.82, 2.24) is 5.32 Å². The Balaban J connectivity index is 2.24. The number of amides is 1. The Bertz CT molecular complexity index is 590. The van der Waals surface area contributed by atoms with Crippen LogP contribution in [0.2, 0.25) is 0 Å². The van der Waals surface area contributed by atoms with Gasteiger partial charge in [0.1, 0.15) is 0 Å². The number of carbonyl (C=O) groups is 2. The Morgan fingerprint density at radius 2 is 2.19 bits per heavy atom. The highest BCUT2D eigenvalue weighted by atomic mass is 79.9. The van der Waals surface area contributed by atoms with E-state index in [0.717, 1.165) is 0 Å². The number of carboxylic acids is 1. The second-order valence-corrected chi connectivity index (χ2v) is 5.57. The van der Waals surface area contributed by atoms with Crippen molar-refractivity contribution in [1.29, 1.82) is 0 Å². The number of hydrogen-bond donors (Lipinski definition) is 2. The average molecular weight is 360 g/mol. The lowest BCUT2D eigenvalue weighted by Gasteiger charge is -2.25. The van der Waals surface area contributed by atoms with Crippen LogP contribution in [0.5, 0.6) is 11.5 Å². The normalized spacial score (nSPS) is 15.4. The third-order valence-corrected chi connectivity index (χ3v) is 3.57. The number of carbonyl (C=O) groups excluding carboxylic acids is 1. The van der Waals surface area contributed by atoms with Crippen molar-refractivity contribution < 1.29 is 28.9 Å². The standard InChI is InChI=1S/C13H14BrNO6/c1-13(5-19-2,12(17)18)15-11(16)7-3-8(14)10-9(4-7)20-6-21-10/h3-4H,5-6H2,1-2H3,(H,15,16)(H,17,18). The van der Waals surface area contributed by atoms with E-state index in [-0.39, 0.29) is 19.0 Å². The molecule has 0 saturated heterocycles. The minimum Gasteiger partial charge on any atom is -0.479 e. The Morgan fingerprint density at radius 3 is 2.81 bits per heavy atom. The van der Waals surface area contributed by atoms with Crippen molar-refractivity contribution in [3.05, 3.63) is 22.2 Å². The zero-order valence-corrected chi connectivity index (χ0v) is 13.0. The molecule has 0 bridgehead atoms. The number of benzene rings is 1. The summed E-state index contributed by atoms with van der Waals surface area (Å²) >= 11 is 3.28. The van der Waals surface area contributed by atoms with Gasteiger partial charge in [0.25, 0.3) is 5.91 Å². The summed E-state index contributed by atoms with van der Waals surface area (Å²) in [6, 6.07) is 3.04. The van der Waals surface area contributed by atoms with Crippen molar-refractivity contribution in [2.45, 2.75) is 12.5 Å². The minimum atomic E-state index is -1.52. The second kappa shape index (κ2) is 5.90. The first kappa shape index (κ1) is 15.6. The van der Waals surface area contributed by atoms with Crippen LogP contribution in [0.15, 0.2) is 16.6 Å². The van der Waals surface area contributed by atoms with Crippen LogP contribution in [0.1, 0.15) is 17.3 Å². The van der Waals surface area contributed by atoms with Gasteiger partial charge in [0.2, 0.25) is 6.79 Å². The molecule has 1 aromatic carbocycles. The summed E-state index contributed by atoms with van der Waals surface area (Å²) in [5, 5.41) is 11.7. The molecular formula is C13H14BrNO6. The zero-order valence-electron chi connectivity index (χ0n) is 11.4. The van der Waals surface area contributed by atoms with Crippen molar-refractivity contribution in [2.24, 2.45) is 0 Å². The Kier molecular flexibility index (Phi) is 4.38. The van der Waals surface area contributed by atoms with Gasteiger partial charge in [0, 0.05) is 12.7 Å². The van der Waals surface area contributed by atoms with Crippen LogP contribution in [0.25, 0.3) is 0 Å². The highest BCUT2D eigenvalue weighted by Crippen LogP contribution is 2.40. The van der Waals surface area contributed by atoms with Gasteiger partial charge in [-0.3, -0.25) is 4.79 Å². The van der Waals surface area contributed by atoms with Crippen molar-refractivity contribution in [3.63, 3.8) is 0 Å². The molecular weight excluding hydrogens is 346 g/mol. The molecule has 1 unspecified atom stereocenters.